The zero-order valence-corrected chi connectivity index (χ0v) is 10.2. The largest absolute Gasteiger partial charge is 0.455 e. The number of aliphatic hydroxyl groups is 3. The first-order valence-electron chi connectivity index (χ1n) is 5.70. The number of ether oxygens (including phenoxy) is 1. The van der Waals surface area contributed by atoms with Crippen molar-refractivity contribution in [3.63, 3.8) is 0 Å². The summed E-state index contributed by atoms with van der Waals surface area (Å²) >= 11 is 0. The van der Waals surface area contributed by atoms with Crippen molar-refractivity contribution in [2.45, 2.75) is 37.8 Å². The molecule has 98 valence electrons. The lowest BCUT2D eigenvalue weighted by Gasteiger charge is -2.43. The SMILES string of the molecule is CC(=O)O[C@H]1c2ccccc2[C@@H](O)[C@@](C)(O)[C@@H]1O. The number of aliphatic hydroxyl groups excluding tert-OH is 2. The predicted molar refractivity (Wildman–Crippen MR) is 62.5 cm³/mol. The molecule has 0 radical (unpaired) electrons. The van der Waals surface area contributed by atoms with Crippen molar-refractivity contribution in [3.8, 4) is 0 Å². The van der Waals surface area contributed by atoms with Gasteiger partial charge in [-0.2, -0.15) is 0 Å². The van der Waals surface area contributed by atoms with Crippen LogP contribution >= 0.6 is 0 Å². The molecular formula is C13H16O5. The maximum absolute atomic E-state index is 11.1. The molecule has 0 saturated heterocycles. The summed E-state index contributed by atoms with van der Waals surface area (Å²) in [4.78, 5) is 11.1. The molecule has 1 aliphatic carbocycles. The molecule has 1 aromatic rings. The Labute approximate surface area is 105 Å². The van der Waals surface area contributed by atoms with Crippen LogP contribution in [0.1, 0.15) is 37.2 Å². The molecule has 5 heteroatoms. The minimum absolute atomic E-state index is 0.457. The quantitative estimate of drug-likeness (QED) is 0.632. The van der Waals surface area contributed by atoms with Gasteiger partial charge in [-0.25, -0.2) is 0 Å². The molecule has 0 bridgehead atoms. The van der Waals surface area contributed by atoms with Crippen LogP contribution in [0.15, 0.2) is 24.3 Å². The maximum atomic E-state index is 11.1. The van der Waals surface area contributed by atoms with Gasteiger partial charge in [0.1, 0.15) is 17.8 Å². The minimum atomic E-state index is -1.77. The standard InChI is InChI=1S/C13H16O5/c1-7(14)18-10-8-5-3-4-6-9(8)11(15)13(2,17)12(10)16/h3-6,10-12,15-17H,1-2H3/t10-,11+,12+,13+/m0/s1. The third kappa shape index (κ3) is 1.90. The van der Waals surface area contributed by atoms with Gasteiger partial charge in [-0.1, -0.05) is 24.3 Å². The monoisotopic (exact) mass is 252 g/mol. The number of carbonyl (C=O) groups excluding carboxylic acids is 1. The lowest BCUT2D eigenvalue weighted by molar-refractivity contribution is -0.197. The highest BCUT2D eigenvalue weighted by Gasteiger charge is 2.50. The molecule has 0 amide bonds. The molecule has 5 nitrogen and oxygen atoms in total. The summed E-state index contributed by atoms with van der Waals surface area (Å²) in [6.07, 6.45) is -3.58. The number of hydrogen-bond donors (Lipinski definition) is 3. The molecule has 0 spiro atoms. The Kier molecular flexibility index (Phi) is 3.14. The van der Waals surface area contributed by atoms with Crippen molar-refractivity contribution >= 4 is 5.97 Å². The number of fused-ring (bicyclic) bond motifs is 1. The lowest BCUT2D eigenvalue weighted by Crippen LogP contribution is -2.52. The molecule has 0 saturated carbocycles. The van der Waals surface area contributed by atoms with E-state index in [-0.39, 0.29) is 0 Å². The zero-order valence-electron chi connectivity index (χ0n) is 10.2. The van der Waals surface area contributed by atoms with Crippen LogP contribution in [-0.4, -0.2) is 33.0 Å². The number of esters is 1. The van der Waals surface area contributed by atoms with Crippen LogP contribution < -0.4 is 0 Å². The fraction of sp³-hybridized carbons (Fsp3) is 0.462. The van der Waals surface area contributed by atoms with E-state index in [4.69, 9.17) is 4.74 Å². The third-order valence-electron chi connectivity index (χ3n) is 3.33. The van der Waals surface area contributed by atoms with E-state index in [1.54, 1.807) is 24.3 Å². The fourth-order valence-electron chi connectivity index (χ4n) is 2.28. The van der Waals surface area contributed by atoms with Gasteiger partial charge in [0.05, 0.1) is 0 Å². The molecule has 4 atom stereocenters. The smallest absolute Gasteiger partial charge is 0.303 e. The molecule has 0 aromatic heterocycles. The van der Waals surface area contributed by atoms with Crippen molar-refractivity contribution in [3.05, 3.63) is 35.4 Å². The topological polar surface area (TPSA) is 87.0 Å². The van der Waals surface area contributed by atoms with Crippen LogP contribution in [0, 0.1) is 0 Å². The van der Waals surface area contributed by atoms with Crippen LogP contribution in [0.3, 0.4) is 0 Å². The van der Waals surface area contributed by atoms with Crippen LogP contribution in [-0.2, 0) is 9.53 Å². The summed E-state index contributed by atoms with van der Waals surface area (Å²) in [5.41, 5.74) is -0.799. The highest BCUT2D eigenvalue weighted by atomic mass is 16.6. The number of benzene rings is 1. The van der Waals surface area contributed by atoms with Gasteiger partial charge in [0.2, 0.25) is 0 Å². The summed E-state index contributed by atoms with van der Waals surface area (Å²) in [6.45, 7) is 2.55. The predicted octanol–water partition coefficient (Wildman–Crippen LogP) is 0.450. The van der Waals surface area contributed by atoms with E-state index < -0.39 is 29.9 Å². The summed E-state index contributed by atoms with van der Waals surface area (Å²) in [5.74, 6) is -0.555. The van der Waals surface area contributed by atoms with Gasteiger partial charge in [-0.3, -0.25) is 4.79 Å². The number of carbonyl (C=O) groups is 1. The Morgan fingerprint density at radius 3 is 2.39 bits per heavy atom. The Morgan fingerprint density at radius 1 is 1.28 bits per heavy atom. The van der Waals surface area contributed by atoms with Crippen molar-refractivity contribution in [1.29, 1.82) is 0 Å². The van der Waals surface area contributed by atoms with Gasteiger partial charge in [-0.15, -0.1) is 0 Å². The Balaban J connectivity index is 2.53. The Hall–Kier alpha value is -1.43. The molecule has 2 rings (SSSR count). The Bertz CT molecular complexity index is 468. The average molecular weight is 252 g/mol. The molecule has 1 aromatic carbocycles. The summed E-state index contributed by atoms with van der Waals surface area (Å²) in [7, 11) is 0. The van der Waals surface area contributed by atoms with E-state index in [9.17, 15) is 20.1 Å². The molecule has 1 aliphatic rings. The summed E-state index contributed by atoms with van der Waals surface area (Å²) < 4.78 is 5.05. The van der Waals surface area contributed by atoms with Crippen molar-refractivity contribution in [1.82, 2.24) is 0 Å². The fourth-order valence-corrected chi connectivity index (χ4v) is 2.28. The molecule has 0 aliphatic heterocycles. The van der Waals surface area contributed by atoms with Gasteiger partial charge >= 0.3 is 5.97 Å². The average Bonchev–Trinajstić information content (AvgIpc) is 2.32. The highest BCUT2D eigenvalue weighted by molar-refractivity contribution is 5.66. The van der Waals surface area contributed by atoms with Gasteiger partial charge in [0.15, 0.2) is 6.10 Å². The molecule has 0 unspecified atom stereocenters. The summed E-state index contributed by atoms with van der Waals surface area (Å²) in [5, 5.41) is 30.3. The molecule has 18 heavy (non-hydrogen) atoms. The Morgan fingerprint density at radius 2 is 1.83 bits per heavy atom. The van der Waals surface area contributed by atoms with Gasteiger partial charge in [0, 0.05) is 12.5 Å². The summed E-state index contributed by atoms with van der Waals surface area (Å²) in [6, 6.07) is 6.72. The number of rotatable bonds is 1. The van der Waals surface area contributed by atoms with Crippen molar-refractivity contribution in [2.75, 3.05) is 0 Å². The first-order valence-corrected chi connectivity index (χ1v) is 5.70. The van der Waals surface area contributed by atoms with Crippen molar-refractivity contribution in [2.24, 2.45) is 0 Å². The van der Waals surface area contributed by atoms with E-state index in [0.29, 0.717) is 11.1 Å². The van der Waals surface area contributed by atoms with E-state index in [1.165, 1.54) is 13.8 Å². The molecular weight excluding hydrogens is 236 g/mol. The van der Waals surface area contributed by atoms with Crippen molar-refractivity contribution < 1.29 is 24.9 Å². The molecule has 0 fully saturated rings. The van der Waals surface area contributed by atoms with Gasteiger partial charge < -0.3 is 20.1 Å². The molecule has 3 N–H and O–H groups in total. The van der Waals surface area contributed by atoms with E-state index >= 15 is 0 Å². The maximum Gasteiger partial charge on any atom is 0.303 e. The first kappa shape index (κ1) is 13.0. The van der Waals surface area contributed by atoms with Crippen LogP contribution in [0.4, 0.5) is 0 Å². The van der Waals surface area contributed by atoms with Gasteiger partial charge in [-0.05, 0) is 12.5 Å². The lowest BCUT2D eigenvalue weighted by atomic mass is 9.75. The first-order chi connectivity index (χ1) is 8.35. The normalized spacial score (nSPS) is 34.8. The van der Waals surface area contributed by atoms with Gasteiger partial charge in [0.25, 0.3) is 0 Å². The van der Waals surface area contributed by atoms with E-state index in [2.05, 4.69) is 0 Å². The second-order valence-corrected chi connectivity index (χ2v) is 4.73. The minimum Gasteiger partial charge on any atom is -0.455 e. The van der Waals surface area contributed by atoms with Crippen LogP contribution in [0.5, 0.6) is 0 Å². The number of hydrogen-bond acceptors (Lipinski definition) is 5. The molecule has 0 heterocycles. The second kappa shape index (κ2) is 4.35. The highest BCUT2D eigenvalue weighted by Crippen LogP contribution is 2.44. The van der Waals surface area contributed by atoms with E-state index in [0.717, 1.165) is 0 Å². The second-order valence-electron chi connectivity index (χ2n) is 4.73. The van der Waals surface area contributed by atoms with E-state index in [1.807, 2.05) is 0 Å². The third-order valence-corrected chi connectivity index (χ3v) is 3.33. The van der Waals surface area contributed by atoms with Crippen LogP contribution in [0.2, 0.25) is 0 Å². The van der Waals surface area contributed by atoms with Crippen LogP contribution in [0.25, 0.3) is 0 Å². The zero-order chi connectivity index (χ0) is 13.5.